The molecule has 0 aromatic heterocycles. The summed E-state index contributed by atoms with van der Waals surface area (Å²) in [7, 11) is 0. The van der Waals surface area contributed by atoms with Gasteiger partial charge in [0.1, 0.15) is 0 Å². The predicted molar refractivity (Wildman–Crippen MR) is 53.5 cm³/mol. The molecule has 1 nitrogen and oxygen atoms in total. The van der Waals surface area contributed by atoms with Crippen molar-refractivity contribution in [2.75, 3.05) is 0 Å². The zero-order chi connectivity index (χ0) is 9.31. The Kier molecular flexibility index (Phi) is 2.27. The van der Waals surface area contributed by atoms with Crippen LogP contribution in [0.1, 0.15) is 51.9 Å². The molecule has 0 bridgehead atoms. The minimum Gasteiger partial charge on any atom is -0.295 e. The topological polar surface area (TPSA) is 17.1 Å². The van der Waals surface area contributed by atoms with Gasteiger partial charge in [-0.3, -0.25) is 4.79 Å². The molecule has 0 saturated heterocycles. The Morgan fingerprint density at radius 3 is 2.69 bits per heavy atom. The summed E-state index contributed by atoms with van der Waals surface area (Å²) in [5, 5.41) is 0. The van der Waals surface area contributed by atoms with Gasteiger partial charge in [-0.05, 0) is 43.1 Å². The standard InChI is InChI=1S/C12H18O/c1-12(7-4-8-12)9-11(13)10-5-2-3-6-10/h5H,2-4,6-9H2,1H3. The number of allylic oxidation sites excluding steroid dienone is 2. The van der Waals surface area contributed by atoms with Crippen LogP contribution in [0, 0.1) is 5.41 Å². The lowest BCUT2D eigenvalue weighted by Crippen LogP contribution is -2.28. The third kappa shape index (κ3) is 1.84. The van der Waals surface area contributed by atoms with Crippen molar-refractivity contribution in [3.8, 4) is 0 Å². The quantitative estimate of drug-likeness (QED) is 0.648. The van der Waals surface area contributed by atoms with Crippen molar-refractivity contribution in [1.82, 2.24) is 0 Å². The summed E-state index contributed by atoms with van der Waals surface area (Å²) >= 11 is 0. The molecule has 0 aromatic rings. The van der Waals surface area contributed by atoms with Gasteiger partial charge in [-0.15, -0.1) is 0 Å². The summed E-state index contributed by atoms with van der Waals surface area (Å²) in [6.07, 6.45) is 10.1. The molecule has 1 saturated carbocycles. The van der Waals surface area contributed by atoms with Crippen molar-refractivity contribution < 1.29 is 4.79 Å². The van der Waals surface area contributed by atoms with E-state index in [1.54, 1.807) is 0 Å². The first-order chi connectivity index (χ1) is 6.20. The summed E-state index contributed by atoms with van der Waals surface area (Å²) in [4.78, 5) is 11.8. The fraction of sp³-hybridized carbons (Fsp3) is 0.750. The number of Topliss-reactive ketones (excluding diaryl/α,β-unsaturated/α-hetero) is 1. The monoisotopic (exact) mass is 178 g/mol. The third-order valence-corrected chi connectivity index (χ3v) is 3.55. The van der Waals surface area contributed by atoms with Gasteiger partial charge < -0.3 is 0 Å². The summed E-state index contributed by atoms with van der Waals surface area (Å²) in [5.74, 6) is 0.430. The molecule has 0 N–H and O–H groups in total. The first-order valence-electron chi connectivity index (χ1n) is 5.42. The number of carbonyl (C=O) groups is 1. The van der Waals surface area contributed by atoms with E-state index in [4.69, 9.17) is 0 Å². The fourth-order valence-corrected chi connectivity index (χ4v) is 2.38. The Hall–Kier alpha value is -0.590. The molecule has 0 aliphatic heterocycles. The van der Waals surface area contributed by atoms with E-state index in [-0.39, 0.29) is 0 Å². The van der Waals surface area contributed by atoms with Crippen molar-refractivity contribution in [2.45, 2.75) is 51.9 Å². The highest BCUT2D eigenvalue weighted by atomic mass is 16.1. The highest BCUT2D eigenvalue weighted by Crippen LogP contribution is 2.44. The maximum absolute atomic E-state index is 11.8. The van der Waals surface area contributed by atoms with Crippen LogP contribution in [-0.4, -0.2) is 5.78 Å². The zero-order valence-corrected chi connectivity index (χ0v) is 8.44. The van der Waals surface area contributed by atoms with Gasteiger partial charge in [0.25, 0.3) is 0 Å². The third-order valence-electron chi connectivity index (χ3n) is 3.55. The summed E-state index contributed by atoms with van der Waals surface area (Å²) in [5.41, 5.74) is 1.48. The zero-order valence-electron chi connectivity index (χ0n) is 8.44. The molecule has 2 aliphatic carbocycles. The predicted octanol–water partition coefficient (Wildman–Crippen LogP) is 3.25. The number of carbonyl (C=O) groups excluding carboxylic acids is 1. The Morgan fingerprint density at radius 2 is 2.23 bits per heavy atom. The number of ketones is 1. The number of hydrogen-bond acceptors (Lipinski definition) is 1. The molecule has 13 heavy (non-hydrogen) atoms. The van der Waals surface area contributed by atoms with E-state index < -0.39 is 0 Å². The van der Waals surface area contributed by atoms with Crippen LogP contribution < -0.4 is 0 Å². The Balaban J connectivity index is 1.90. The van der Waals surface area contributed by atoms with Crippen LogP contribution in [0.4, 0.5) is 0 Å². The smallest absolute Gasteiger partial charge is 0.159 e. The van der Waals surface area contributed by atoms with Crippen LogP contribution in [0.15, 0.2) is 11.6 Å². The van der Waals surface area contributed by atoms with Crippen molar-refractivity contribution in [1.29, 1.82) is 0 Å². The van der Waals surface area contributed by atoms with Gasteiger partial charge in [0.05, 0.1) is 0 Å². The van der Waals surface area contributed by atoms with Crippen LogP contribution in [0.3, 0.4) is 0 Å². The summed E-state index contributed by atoms with van der Waals surface area (Å²) in [6.45, 7) is 2.25. The molecule has 0 aromatic carbocycles. The van der Waals surface area contributed by atoms with E-state index in [1.165, 1.54) is 25.7 Å². The Bertz CT molecular complexity index is 246. The first kappa shape index (κ1) is 8.98. The van der Waals surface area contributed by atoms with Crippen LogP contribution in [0.25, 0.3) is 0 Å². The molecule has 1 heteroatoms. The minimum absolute atomic E-state index is 0.362. The molecule has 1 fully saturated rings. The summed E-state index contributed by atoms with van der Waals surface area (Å²) < 4.78 is 0. The normalized spacial score (nSPS) is 25.2. The molecule has 0 atom stereocenters. The number of hydrogen-bond donors (Lipinski definition) is 0. The molecule has 0 spiro atoms. The average molecular weight is 178 g/mol. The molecular formula is C12H18O. The lowest BCUT2D eigenvalue weighted by atomic mass is 9.67. The van der Waals surface area contributed by atoms with Crippen LogP contribution in [0.5, 0.6) is 0 Å². The van der Waals surface area contributed by atoms with E-state index in [9.17, 15) is 4.79 Å². The van der Waals surface area contributed by atoms with Crippen molar-refractivity contribution in [3.05, 3.63) is 11.6 Å². The van der Waals surface area contributed by atoms with Crippen LogP contribution in [0.2, 0.25) is 0 Å². The maximum atomic E-state index is 11.8. The Labute approximate surface area is 80.2 Å². The second-order valence-electron chi connectivity index (χ2n) is 4.89. The molecular weight excluding hydrogens is 160 g/mol. The van der Waals surface area contributed by atoms with Crippen molar-refractivity contribution in [2.24, 2.45) is 5.41 Å². The van der Waals surface area contributed by atoms with E-state index in [0.29, 0.717) is 11.2 Å². The van der Waals surface area contributed by atoms with Gasteiger partial charge in [-0.25, -0.2) is 0 Å². The Morgan fingerprint density at radius 1 is 1.46 bits per heavy atom. The minimum atomic E-state index is 0.362. The molecule has 2 rings (SSSR count). The SMILES string of the molecule is CC1(CC(=O)C2=CCCC2)CCC1. The molecule has 72 valence electrons. The molecule has 0 heterocycles. The highest BCUT2D eigenvalue weighted by molar-refractivity contribution is 5.96. The molecule has 0 radical (unpaired) electrons. The van der Waals surface area contributed by atoms with Crippen LogP contribution >= 0.6 is 0 Å². The summed E-state index contributed by atoms with van der Waals surface area (Å²) in [6, 6.07) is 0. The van der Waals surface area contributed by atoms with E-state index in [1.807, 2.05) is 0 Å². The fourth-order valence-electron chi connectivity index (χ4n) is 2.38. The van der Waals surface area contributed by atoms with Crippen LogP contribution in [-0.2, 0) is 4.79 Å². The largest absolute Gasteiger partial charge is 0.295 e. The van der Waals surface area contributed by atoms with E-state index in [2.05, 4.69) is 13.0 Å². The van der Waals surface area contributed by atoms with E-state index >= 15 is 0 Å². The molecule has 0 amide bonds. The second-order valence-corrected chi connectivity index (χ2v) is 4.89. The molecule has 0 unspecified atom stereocenters. The van der Waals surface area contributed by atoms with Crippen molar-refractivity contribution >= 4 is 5.78 Å². The molecule has 2 aliphatic rings. The van der Waals surface area contributed by atoms with Gasteiger partial charge in [-0.2, -0.15) is 0 Å². The van der Waals surface area contributed by atoms with Gasteiger partial charge in [0.2, 0.25) is 0 Å². The van der Waals surface area contributed by atoms with Gasteiger partial charge in [0, 0.05) is 6.42 Å². The lowest BCUT2D eigenvalue weighted by Gasteiger charge is -2.37. The maximum Gasteiger partial charge on any atom is 0.159 e. The van der Waals surface area contributed by atoms with E-state index in [0.717, 1.165) is 24.8 Å². The first-order valence-corrected chi connectivity index (χ1v) is 5.42. The van der Waals surface area contributed by atoms with Gasteiger partial charge >= 0.3 is 0 Å². The van der Waals surface area contributed by atoms with Gasteiger partial charge in [-0.1, -0.05) is 19.4 Å². The lowest BCUT2D eigenvalue weighted by molar-refractivity contribution is -0.118. The van der Waals surface area contributed by atoms with Gasteiger partial charge in [0.15, 0.2) is 5.78 Å². The highest BCUT2D eigenvalue weighted by Gasteiger charge is 2.34. The second kappa shape index (κ2) is 3.28. The van der Waals surface area contributed by atoms with Crippen molar-refractivity contribution in [3.63, 3.8) is 0 Å². The average Bonchev–Trinajstić information content (AvgIpc) is 2.53. The number of rotatable bonds is 3.